The Hall–Kier alpha value is -2.74. The number of benzene rings is 1. The number of carbonyl (C=O) groups is 1. The van der Waals surface area contributed by atoms with Gasteiger partial charge in [-0.3, -0.25) is 14.2 Å². The standard InChI is InChI=1S/C20H22FN3O3S/c1-12(2)6-8-22-17(25)11-23-16-7-9-28-18(16)19(26)24(20(23)27)14-4-5-15(21)13(3)10-14/h4-5,7,9-10,12H,6,8,11H2,1-3H3,(H,22,25). The van der Waals surface area contributed by atoms with Gasteiger partial charge in [0, 0.05) is 6.54 Å². The molecule has 0 aliphatic heterocycles. The molecule has 2 aromatic heterocycles. The second kappa shape index (κ2) is 8.10. The van der Waals surface area contributed by atoms with Crippen molar-refractivity contribution < 1.29 is 9.18 Å². The molecule has 28 heavy (non-hydrogen) atoms. The second-order valence-corrected chi connectivity index (χ2v) is 8.03. The predicted molar refractivity (Wildman–Crippen MR) is 109 cm³/mol. The predicted octanol–water partition coefficient (Wildman–Crippen LogP) is 2.82. The first-order valence-electron chi connectivity index (χ1n) is 9.06. The highest BCUT2D eigenvalue weighted by Crippen LogP contribution is 2.17. The smallest absolute Gasteiger partial charge is 0.336 e. The molecule has 0 bridgehead atoms. The quantitative estimate of drug-likeness (QED) is 0.688. The monoisotopic (exact) mass is 403 g/mol. The van der Waals surface area contributed by atoms with Crippen LogP contribution in [0.25, 0.3) is 15.9 Å². The number of rotatable bonds is 6. The van der Waals surface area contributed by atoms with Crippen LogP contribution in [0.1, 0.15) is 25.8 Å². The number of aromatic nitrogens is 2. The number of fused-ring (bicyclic) bond motifs is 1. The molecule has 2 heterocycles. The summed E-state index contributed by atoms with van der Waals surface area (Å²) < 4.78 is 16.3. The van der Waals surface area contributed by atoms with Gasteiger partial charge in [-0.15, -0.1) is 11.3 Å². The van der Waals surface area contributed by atoms with E-state index < -0.39 is 17.1 Å². The van der Waals surface area contributed by atoms with Crippen LogP contribution >= 0.6 is 11.3 Å². The van der Waals surface area contributed by atoms with Gasteiger partial charge in [-0.1, -0.05) is 13.8 Å². The minimum absolute atomic E-state index is 0.190. The summed E-state index contributed by atoms with van der Waals surface area (Å²) in [4.78, 5) is 38.3. The largest absolute Gasteiger partial charge is 0.355 e. The summed E-state index contributed by atoms with van der Waals surface area (Å²) in [6.45, 7) is 6.02. The summed E-state index contributed by atoms with van der Waals surface area (Å²) in [5.41, 5.74) is -0.0706. The van der Waals surface area contributed by atoms with Crippen molar-refractivity contribution in [2.45, 2.75) is 33.7 Å². The zero-order valence-electron chi connectivity index (χ0n) is 16.0. The zero-order valence-corrected chi connectivity index (χ0v) is 16.8. The van der Waals surface area contributed by atoms with Crippen molar-refractivity contribution in [3.63, 3.8) is 0 Å². The van der Waals surface area contributed by atoms with Crippen molar-refractivity contribution in [2.75, 3.05) is 6.54 Å². The Labute approximate surface area is 165 Å². The Morgan fingerprint density at radius 1 is 1.25 bits per heavy atom. The molecule has 3 rings (SSSR count). The van der Waals surface area contributed by atoms with Crippen LogP contribution in [0.15, 0.2) is 39.2 Å². The maximum Gasteiger partial charge on any atom is 0.336 e. The number of hydrogen-bond donors (Lipinski definition) is 1. The van der Waals surface area contributed by atoms with Crippen LogP contribution in [0.2, 0.25) is 0 Å². The lowest BCUT2D eigenvalue weighted by molar-refractivity contribution is -0.121. The van der Waals surface area contributed by atoms with Crippen molar-refractivity contribution >= 4 is 27.5 Å². The Morgan fingerprint density at radius 3 is 2.68 bits per heavy atom. The molecule has 8 heteroatoms. The first-order chi connectivity index (χ1) is 13.3. The summed E-state index contributed by atoms with van der Waals surface area (Å²) in [5.74, 6) is -0.259. The minimum atomic E-state index is -0.624. The molecule has 0 saturated carbocycles. The number of carbonyl (C=O) groups excluding carboxylic acids is 1. The molecule has 148 valence electrons. The SMILES string of the molecule is Cc1cc(-n2c(=O)c3sccc3n(CC(=O)NCCC(C)C)c2=O)ccc1F. The van der Waals surface area contributed by atoms with Gasteiger partial charge in [0.25, 0.3) is 5.56 Å². The number of aryl methyl sites for hydroxylation is 1. The molecular weight excluding hydrogens is 381 g/mol. The summed E-state index contributed by atoms with van der Waals surface area (Å²) in [5, 5.41) is 4.51. The normalized spacial score (nSPS) is 11.3. The van der Waals surface area contributed by atoms with E-state index in [0.29, 0.717) is 28.2 Å². The lowest BCUT2D eigenvalue weighted by Gasteiger charge is -2.13. The van der Waals surface area contributed by atoms with E-state index in [4.69, 9.17) is 0 Å². The maximum absolute atomic E-state index is 13.6. The summed E-state index contributed by atoms with van der Waals surface area (Å²) in [7, 11) is 0. The number of thiophene rings is 1. The first kappa shape index (κ1) is 20.0. The third-order valence-corrected chi connectivity index (χ3v) is 5.39. The van der Waals surface area contributed by atoms with Gasteiger partial charge >= 0.3 is 5.69 Å². The zero-order chi connectivity index (χ0) is 20.4. The topological polar surface area (TPSA) is 73.1 Å². The van der Waals surface area contributed by atoms with Gasteiger partial charge in [-0.05, 0) is 54.5 Å². The maximum atomic E-state index is 13.6. The number of amides is 1. The molecule has 1 amide bonds. The fraction of sp³-hybridized carbons (Fsp3) is 0.350. The summed E-state index contributed by atoms with van der Waals surface area (Å²) in [6, 6.07) is 5.71. The Balaban J connectivity index is 2.07. The molecule has 3 aromatic rings. The fourth-order valence-electron chi connectivity index (χ4n) is 2.94. The molecule has 0 unspecified atom stereocenters. The van der Waals surface area contributed by atoms with Crippen LogP contribution < -0.4 is 16.6 Å². The van der Waals surface area contributed by atoms with E-state index >= 15 is 0 Å². The van der Waals surface area contributed by atoms with Crippen LogP contribution in [-0.4, -0.2) is 21.6 Å². The molecule has 0 radical (unpaired) electrons. The highest BCUT2D eigenvalue weighted by Gasteiger charge is 2.18. The lowest BCUT2D eigenvalue weighted by atomic mass is 10.1. The second-order valence-electron chi connectivity index (χ2n) is 7.11. The highest BCUT2D eigenvalue weighted by atomic mass is 32.1. The van der Waals surface area contributed by atoms with Gasteiger partial charge in [-0.25, -0.2) is 13.8 Å². The van der Waals surface area contributed by atoms with Gasteiger partial charge in [0.1, 0.15) is 17.1 Å². The molecule has 0 aliphatic rings. The number of nitrogens with one attached hydrogen (secondary N) is 1. The van der Waals surface area contributed by atoms with Crippen LogP contribution in [0.5, 0.6) is 0 Å². The van der Waals surface area contributed by atoms with Crippen molar-refractivity contribution in [1.82, 2.24) is 14.5 Å². The molecule has 1 aromatic carbocycles. The van der Waals surface area contributed by atoms with E-state index in [1.807, 2.05) is 0 Å². The van der Waals surface area contributed by atoms with Gasteiger partial charge in [0.05, 0.1) is 11.2 Å². The molecular formula is C20H22FN3O3S. The van der Waals surface area contributed by atoms with E-state index in [1.54, 1.807) is 18.4 Å². The first-order valence-corrected chi connectivity index (χ1v) is 9.94. The average molecular weight is 403 g/mol. The van der Waals surface area contributed by atoms with Crippen molar-refractivity contribution in [3.8, 4) is 5.69 Å². The lowest BCUT2D eigenvalue weighted by Crippen LogP contribution is -2.41. The minimum Gasteiger partial charge on any atom is -0.355 e. The van der Waals surface area contributed by atoms with E-state index in [-0.39, 0.29) is 18.1 Å². The Bertz CT molecular complexity index is 1140. The number of halogens is 1. The Kier molecular flexibility index (Phi) is 5.79. The van der Waals surface area contributed by atoms with Gasteiger partial charge in [0.15, 0.2) is 0 Å². The van der Waals surface area contributed by atoms with Gasteiger partial charge in [-0.2, -0.15) is 0 Å². The van der Waals surface area contributed by atoms with Gasteiger partial charge < -0.3 is 5.32 Å². The van der Waals surface area contributed by atoms with E-state index in [9.17, 15) is 18.8 Å². The van der Waals surface area contributed by atoms with Crippen molar-refractivity contribution in [1.29, 1.82) is 0 Å². The molecule has 0 aliphatic carbocycles. The van der Waals surface area contributed by atoms with E-state index in [0.717, 1.165) is 11.0 Å². The molecule has 0 fully saturated rings. The van der Waals surface area contributed by atoms with Crippen molar-refractivity contribution in [3.05, 3.63) is 61.9 Å². The summed E-state index contributed by atoms with van der Waals surface area (Å²) in [6.07, 6.45) is 0.836. The average Bonchev–Trinajstić information content (AvgIpc) is 3.11. The third-order valence-electron chi connectivity index (χ3n) is 4.50. The Morgan fingerprint density at radius 2 is 2.00 bits per heavy atom. The van der Waals surface area contributed by atoms with Crippen LogP contribution in [-0.2, 0) is 11.3 Å². The van der Waals surface area contributed by atoms with Crippen LogP contribution in [0, 0.1) is 18.7 Å². The number of nitrogens with zero attached hydrogens (tertiary/aromatic N) is 2. The van der Waals surface area contributed by atoms with Crippen LogP contribution in [0.3, 0.4) is 0 Å². The van der Waals surface area contributed by atoms with E-state index in [1.165, 1.54) is 34.1 Å². The van der Waals surface area contributed by atoms with Crippen LogP contribution in [0.4, 0.5) is 4.39 Å². The highest BCUT2D eigenvalue weighted by molar-refractivity contribution is 7.17. The molecule has 6 nitrogen and oxygen atoms in total. The number of hydrogen-bond acceptors (Lipinski definition) is 4. The molecule has 0 atom stereocenters. The third kappa shape index (κ3) is 3.91. The molecule has 0 spiro atoms. The summed E-state index contributed by atoms with van der Waals surface area (Å²) >= 11 is 1.20. The molecule has 0 saturated heterocycles. The van der Waals surface area contributed by atoms with E-state index in [2.05, 4.69) is 19.2 Å². The fourth-order valence-corrected chi connectivity index (χ4v) is 3.76. The van der Waals surface area contributed by atoms with Crippen molar-refractivity contribution in [2.24, 2.45) is 5.92 Å². The van der Waals surface area contributed by atoms with Gasteiger partial charge in [0.2, 0.25) is 5.91 Å². The molecule has 1 N–H and O–H groups in total.